The van der Waals surface area contributed by atoms with Gasteiger partial charge in [-0.25, -0.2) is 25.8 Å². The molecule has 0 spiro atoms. The SMILES string of the molecule is NCc1cc2c(S(=O)(=O)N3CCCC3)ccnc2n1S(=O)(=O)c1ccccc1. The zero-order chi connectivity index (χ0) is 19.9. The van der Waals surface area contributed by atoms with Crippen molar-refractivity contribution in [1.82, 2.24) is 13.3 Å². The van der Waals surface area contributed by atoms with Gasteiger partial charge in [-0.05, 0) is 37.1 Å². The van der Waals surface area contributed by atoms with Crippen LogP contribution in [0.3, 0.4) is 0 Å². The number of rotatable bonds is 5. The molecular formula is C18H20N4O4S2. The largest absolute Gasteiger partial charge is 0.325 e. The third-order valence-electron chi connectivity index (χ3n) is 4.87. The van der Waals surface area contributed by atoms with Crippen molar-refractivity contribution < 1.29 is 16.8 Å². The quantitative estimate of drug-likeness (QED) is 0.669. The highest BCUT2D eigenvalue weighted by Crippen LogP contribution is 2.31. The van der Waals surface area contributed by atoms with Crippen molar-refractivity contribution in [2.24, 2.45) is 5.73 Å². The fourth-order valence-corrected chi connectivity index (χ4v) is 6.70. The van der Waals surface area contributed by atoms with Crippen molar-refractivity contribution in [1.29, 1.82) is 0 Å². The second kappa shape index (κ2) is 6.96. The molecule has 2 N–H and O–H groups in total. The lowest BCUT2D eigenvalue weighted by Gasteiger charge is -2.16. The lowest BCUT2D eigenvalue weighted by atomic mass is 10.3. The van der Waals surface area contributed by atoms with Crippen molar-refractivity contribution in [3.63, 3.8) is 0 Å². The van der Waals surface area contributed by atoms with Crippen molar-refractivity contribution in [2.45, 2.75) is 29.2 Å². The normalized spacial score (nSPS) is 16.0. The minimum absolute atomic E-state index is 0.0520. The van der Waals surface area contributed by atoms with E-state index < -0.39 is 20.0 Å². The van der Waals surface area contributed by atoms with Crippen LogP contribution in [0.1, 0.15) is 18.5 Å². The summed E-state index contributed by atoms with van der Waals surface area (Å²) < 4.78 is 55.1. The molecule has 8 nitrogen and oxygen atoms in total. The van der Waals surface area contributed by atoms with Gasteiger partial charge in [0.2, 0.25) is 10.0 Å². The number of aromatic nitrogens is 2. The summed E-state index contributed by atoms with van der Waals surface area (Å²) in [7, 11) is -7.72. The van der Waals surface area contributed by atoms with Gasteiger partial charge in [-0.15, -0.1) is 0 Å². The van der Waals surface area contributed by atoms with E-state index in [1.807, 2.05) is 0 Å². The van der Waals surface area contributed by atoms with Crippen LogP contribution < -0.4 is 5.73 Å². The lowest BCUT2D eigenvalue weighted by molar-refractivity contribution is 0.478. The van der Waals surface area contributed by atoms with Crippen molar-refractivity contribution in [2.75, 3.05) is 13.1 Å². The zero-order valence-corrected chi connectivity index (χ0v) is 16.7. The summed E-state index contributed by atoms with van der Waals surface area (Å²) in [5.74, 6) is 0. The molecule has 3 heterocycles. The van der Waals surface area contributed by atoms with Gasteiger partial charge in [0, 0.05) is 31.2 Å². The number of benzene rings is 1. The molecule has 0 radical (unpaired) electrons. The summed E-state index contributed by atoms with van der Waals surface area (Å²) in [4.78, 5) is 4.32. The van der Waals surface area contributed by atoms with E-state index >= 15 is 0 Å². The number of nitrogens with zero attached hydrogens (tertiary/aromatic N) is 3. The number of hydrogen-bond acceptors (Lipinski definition) is 6. The van der Waals surface area contributed by atoms with Crippen LogP contribution in [0.5, 0.6) is 0 Å². The molecule has 0 atom stereocenters. The highest BCUT2D eigenvalue weighted by Gasteiger charge is 2.31. The maximum absolute atomic E-state index is 13.2. The van der Waals surface area contributed by atoms with E-state index in [0.717, 1.165) is 16.8 Å². The van der Waals surface area contributed by atoms with Crippen LogP contribution in [0.15, 0.2) is 58.5 Å². The van der Waals surface area contributed by atoms with Gasteiger partial charge in [0.05, 0.1) is 15.5 Å². The predicted molar refractivity (Wildman–Crippen MR) is 105 cm³/mol. The molecule has 1 saturated heterocycles. The van der Waals surface area contributed by atoms with E-state index in [-0.39, 0.29) is 33.1 Å². The molecule has 3 aromatic rings. The molecule has 1 aromatic carbocycles. The van der Waals surface area contributed by atoms with Gasteiger partial charge in [-0.2, -0.15) is 4.31 Å². The molecule has 0 amide bonds. The molecule has 28 heavy (non-hydrogen) atoms. The number of nitrogens with two attached hydrogens (primary N) is 1. The average molecular weight is 421 g/mol. The van der Waals surface area contributed by atoms with Crippen LogP contribution >= 0.6 is 0 Å². The predicted octanol–water partition coefficient (Wildman–Crippen LogP) is 1.52. The highest BCUT2D eigenvalue weighted by molar-refractivity contribution is 7.90. The van der Waals surface area contributed by atoms with Gasteiger partial charge in [0.1, 0.15) is 0 Å². The van der Waals surface area contributed by atoms with Gasteiger partial charge >= 0.3 is 0 Å². The smallest absolute Gasteiger partial charge is 0.269 e. The molecular weight excluding hydrogens is 400 g/mol. The Hall–Kier alpha value is -2.27. The molecule has 1 aliphatic rings. The molecule has 0 bridgehead atoms. The lowest BCUT2D eigenvalue weighted by Crippen LogP contribution is -2.28. The van der Waals surface area contributed by atoms with E-state index in [1.54, 1.807) is 18.2 Å². The van der Waals surface area contributed by atoms with Crippen LogP contribution in [0.2, 0.25) is 0 Å². The highest BCUT2D eigenvalue weighted by atomic mass is 32.2. The van der Waals surface area contributed by atoms with Crippen molar-refractivity contribution >= 4 is 31.1 Å². The number of hydrogen-bond donors (Lipinski definition) is 1. The summed E-state index contributed by atoms with van der Waals surface area (Å²) in [6.45, 7) is 0.837. The Morgan fingerprint density at radius 3 is 2.29 bits per heavy atom. The van der Waals surface area contributed by atoms with E-state index in [4.69, 9.17) is 5.73 Å². The molecule has 10 heteroatoms. The summed E-state index contributed by atoms with van der Waals surface area (Å²) in [6.07, 6.45) is 2.94. The van der Waals surface area contributed by atoms with Gasteiger partial charge in [0.15, 0.2) is 5.65 Å². The molecule has 4 rings (SSSR count). The second-order valence-corrected chi connectivity index (χ2v) is 10.3. The third-order valence-corrected chi connectivity index (χ3v) is 8.58. The first-order valence-corrected chi connectivity index (χ1v) is 11.8. The number of sulfonamides is 1. The summed E-state index contributed by atoms with van der Waals surface area (Å²) in [5, 5.41) is 0.259. The van der Waals surface area contributed by atoms with Crippen LogP contribution in [-0.2, 0) is 26.6 Å². The van der Waals surface area contributed by atoms with E-state index in [0.29, 0.717) is 13.1 Å². The van der Waals surface area contributed by atoms with Gasteiger partial charge in [0.25, 0.3) is 10.0 Å². The fourth-order valence-electron chi connectivity index (χ4n) is 3.50. The molecule has 0 aliphatic carbocycles. The Morgan fingerprint density at radius 1 is 0.964 bits per heavy atom. The van der Waals surface area contributed by atoms with Gasteiger partial charge < -0.3 is 5.73 Å². The number of fused-ring (bicyclic) bond motifs is 1. The van der Waals surface area contributed by atoms with Crippen LogP contribution in [-0.4, -0.2) is 43.2 Å². The maximum atomic E-state index is 13.2. The van der Waals surface area contributed by atoms with Crippen molar-refractivity contribution in [3.05, 3.63) is 54.4 Å². The Kier molecular flexibility index (Phi) is 4.74. The zero-order valence-electron chi connectivity index (χ0n) is 15.0. The molecule has 0 unspecified atom stereocenters. The Morgan fingerprint density at radius 2 is 1.64 bits per heavy atom. The minimum Gasteiger partial charge on any atom is -0.325 e. The van der Waals surface area contributed by atoms with Crippen LogP contribution in [0.4, 0.5) is 0 Å². The minimum atomic E-state index is -3.98. The summed E-state index contributed by atoms with van der Waals surface area (Å²) >= 11 is 0. The monoisotopic (exact) mass is 420 g/mol. The summed E-state index contributed by atoms with van der Waals surface area (Å²) in [5.41, 5.74) is 6.13. The van der Waals surface area contributed by atoms with E-state index in [9.17, 15) is 16.8 Å². The Bertz CT molecular complexity index is 1230. The average Bonchev–Trinajstić information content (AvgIpc) is 3.36. The molecule has 2 aromatic heterocycles. The summed E-state index contributed by atoms with van der Waals surface area (Å²) in [6, 6.07) is 10.8. The Labute approximate surface area is 163 Å². The van der Waals surface area contributed by atoms with Gasteiger partial charge in [-0.3, -0.25) is 0 Å². The molecule has 0 saturated carbocycles. The first-order chi connectivity index (χ1) is 13.4. The molecule has 1 aliphatic heterocycles. The first-order valence-electron chi connectivity index (χ1n) is 8.87. The van der Waals surface area contributed by atoms with E-state index in [1.165, 1.54) is 34.8 Å². The number of pyridine rings is 1. The van der Waals surface area contributed by atoms with Gasteiger partial charge in [-0.1, -0.05) is 18.2 Å². The van der Waals surface area contributed by atoms with Crippen LogP contribution in [0.25, 0.3) is 11.0 Å². The van der Waals surface area contributed by atoms with E-state index in [2.05, 4.69) is 4.98 Å². The fraction of sp³-hybridized carbons (Fsp3) is 0.278. The topological polar surface area (TPSA) is 115 Å². The first kappa shape index (κ1) is 19.1. The molecule has 148 valence electrons. The standard InChI is InChI=1S/C18H20N4O4S2/c19-13-14-12-16-17(28(25,26)21-10-4-5-11-21)8-9-20-18(16)22(14)27(23,24)15-6-2-1-3-7-15/h1-3,6-9,12H,4-5,10-11,13,19H2. The Balaban J connectivity index is 1.98. The second-order valence-electron chi connectivity index (χ2n) is 6.58. The maximum Gasteiger partial charge on any atom is 0.269 e. The third kappa shape index (κ3) is 2.93. The van der Waals surface area contributed by atoms with Crippen molar-refractivity contribution in [3.8, 4) is 0 Å². The van der Waals surface area contributed by atoms with Crippen LogP contribution in [0, 0.1) is 0 Å². The molecule has 1 fully saturated rings.